The highest BCUT2D eigenvalue weighted by Crippen LogP contribution is 2.37. The van der Waals surface area contributed by atoms with E-state index in [0.29, 0.717) is 17.8 Å². The van der Waals surface area contributed by atoms with Crippen LogP contribution in [-0.4, -0.2) is 6.29 Å². The minimum atomic E-state index is 0.300. The second-order valence-corrected chi connectivity index (χ2v) is 5.38. The Morgan fingerprint density at radius 3 is 2.53 bits per heavy atom. The lowest BCUT2D eigenvalue weighted by Gasteiger charge is -2.13. The van der Waals surface area contributed by atoms with Crippen LogP contribution in [0.1, 0.15) is 62.5 Å². The molecule has 1 saturated carbocycles. The number of aldehydes is 1. The second kappa shape index (κ2) is 5.48. The van der Waals surface area contributed by atoms with Gasteiger partial charge in [0.15, 0.2) is 0 Å². The summed E-state index contributed by atoms with van der Waals surface area (Å²) in [5, 5.41) is 0. The fourth-order valence-electron chi connectivity index (χ4n) is 2.78. The van der Waals surface area contributed by atoms with Gasteiger partial charge >= 0.3 is 0 Å². The van der Waals surface area contributed by atoms with Gasteiger partial charge in [-0.25, -0.2) is 0 Å². The molecule has 1 fully saturated rings. The molecule has 0 aromatic heterocycles. The first-order valence-corrected chi connectivity index (χ1v) is 6.79. The average molecular weight is 230 g/mol. The van der Waals surface area contributed by atoms with Crippen LogP contribution in [0.3, 0.4) is 0 Å². The van der Waals surface area contributed by atoms with E-state index < -0.39 is 0 Å². The van der Waals surface area contributed by atoms with Gasteiger partial charge in [0.25, 0.3) is 0 Å². The largest absolute Gasteiger partial charge is 0.303 e. The van der Waals surface area contributed by atoms with E-state index in [1.807, 2.05) is 0 Å². The minimum Gasteiger partial charge on any atom is -0.303 e. The van der Waals surface area contributed by atoms with E-state index in [9.17, 15) is 4.79 Å². The molecule has 92 valence electrons. The van der Waals surface area contributed by atoms with Crippen molar-refractivity contribution in [2.24, 2.45) is 5.92 Å². The predicted octanol–water partition coefficient (Wildman–Crippen LogP) is 4.28. The van der Waals surface area contributed by atoms with E-state index in [1.165, 1.54) is 24.0 Å². The summed E-state index contributed by atoms with van der Waals surface area (Å²) >= 11 is 0. The summed E-state index contributed by atoms with van der Waals surface area (Å²) in [6, 6.07) is 9.05. The summed E-state index contributed by atoms with van der Waals surface area (Å²) in [5.41, 5.74) is 2.85. The van der Waals surface area contributed by atoms with Crippen LogP contribution >= 0.6 is 0 Å². The van der Waals surface area contributed by atoms with Crippen LogP contribution in [0.25, 0.3) is 0 Å². The first-order valence-electron chi connectivity index (χ1n) is 6.79. The predicted molar refractivity (Wildman–Crippen MR) is 71.3 cm³/mol. The molecule has 0 amide bonds. The fraction of sp³-hybridized carbons (Fsp3) is 0.562. The van der Waals surface area contributed by atoms with Crippen LogP contribution in [0.4, 0.5) is 0 Å². The molecule has 17 heavy (non-hydrogen) atoms. The Bertz CT molecular complexity index is 366. The van der Waals surface area contributed by atoms with Gasteiger partial charge in [-0.1, -0.05) is 38.1 Å². The maximum atomic E-state index is 10.8. The molecule has 0 saturated heterocycles. The number of hydrogen-bond acceptors (Lipinski definition) is 1. The van der Waals surface area contributed by atoms with Crippen LogP contribution in [-0.2, 0) is 4.79 Å². The summed E-state index contributed by atoms with van der Waals surface area (Å²) in [6.45, 7) is 4.50. The molecular weight excluding hydrogens is 208 g/mol. The number of rotatable bonds is 4. The van der Waals surface area contributed by atoms with Crippen molar-refractivity contribution in [1.29, 1.82) is 0 Å². The summed E-state index contributed by atoms with van der Waals surface area (Å²) in [6.07, 6.45) is 5.61. The summed E-state index contributed by atoms with van der Waals surface area (Å²) in [4.78, 5) is 10.8. The first kappa shape index (κ1) is 12.3. The van der Waals surface area contributed by atoms with Crippen LogP contribution in [0.5, 0.6) is 0 Å². The maximum Gasteiger partial charge on any atom is 0.123 e. The lowest BCUT2D eigenvalue weighted by atomic mass is 9.92. The first-order chi connectivity index (χ1) is 8.24. The Morgan fingerprint density at radius 2 is 2.00 bits per heavy atom. The third-order valence-corrected chi connectivity index (χ3v) is 4.25. The van der Waals surface area contributed by atoms with E-state index in [2.05, 4.69) is 38.1 Å². The maximum absolute atomic E-state index is 10.8. The zero-order chi connectivity index (χ0) is 12.3. The zero-order valence-electron chi connectivity index (χ0n) is 10.9. The van der Waals surface area contributed by atoms with Crippen molar-refractivity contribution < 1.29 is 4.79 Å². The second-order valence-electron chi connectivity index (χ2n) is 5.38. The van der Waals surface area contributed by atoms with Gasteiger partial charge in [0.2, 0.25) is 0 Å². The average Bonchev–Trinajstić information content (AvgIpc) is 2.87. The van der Waals surface area contributed by atoms with Crippen molar-refractivity contribution in [3.8, 4) is 0 Å². The Hall–Kier alpha value is -1.11. The normalized spacial score (nSPS) is 25.8. The van der Waals surface area contributed by atoms with Gasteiger partial charge in [-0.05, 0) is 48.6 Å². The molecule has 0 N–H and O–H groups in total. The Labute approximate surface area is 104 Å². The monoisotopic (exact) mass is 230 g/mol. The molecule has 3 atom stereocenters. The molecule has 1 aliphatic carbocycles. The molecule has 1 aliphatic rings. The Balaban J connectivity index is 2.05. The molecule has 1 nitrogen and oxygen atoms in total. The number of hydrogen-bond donors (Lipinski definition) is 0. The van der Waals surface area contributed by atoms with Crippen molar-refractivity contribution >= 4 is 6.29 Å². The van der Waals surface area contributed by atoms with Crippen molar-refractivity contribution in [1.82, 2.24) is 0 Å². The molecule has 1 aromatic carbocycles. The van der Waals surface area contributed by atoms with Crippen molar-refractivity contribution in [3.63, 3.8) is 0 Å². The number of benzene rings is 1. The highest BCUT2D eigenvalue weighted by molar-refractivity contribution is 5.54. The standard InChI is InChI=1S/C16H22O/c1-3-12(2)14-6-8-15(9-7-14)16-5-4-13(10-16)11-17/h6-9,11-13,16H,3-5,10H2,1-2H3. The van der Waals surface area contributed by atoms with Gasteiger partial charge in [0.05, 0.1) is 0 Å². The van der Waals surface area contributed by atoms with E-state index in [0.717, 1.165) is 19.1 Å². The smallest absolute Gasteiger partial charge is 0.123 e. The molecule has 1 heteroatoms. The lowest BCUT2D eigenvalue weighted by molar-refractivity contribution is -0.110. The highest BCUT2D eigenvalue weighted by Gasteiger charge is 2.25. The van der Waals surface area contributed by atoms with Gasteiger partial charge < -0.3 is 4.79 Å². The summed E-state index contributed by atoms with van der Waals surface area (Å²) in [5.74, 6) is 1.56. The zero-order valence-corrected chi connectivity index (χ0v) is 10.9. The van der Waals surface area contributed by atoms with Crippen LogP contribution in [0.15, 0.2) is 24.3 Å². The molecule has 2 rings (SSSR count). The van der Waals surface area contributed by atoms with Crippen LogP contribution in [0.2, 0.25) is 0 Å². The van der Waals surface area contributed by atoms with Crippen LogP contribution < -0.4 is 0 Å². The lowest BCUT2D eigenvalue weighted by Crippen LogP contribution is -1.98. The van der Waals surface area contributed by atoms with Gasteiger partial charge in [-0.3, -0.25) is 0 Å². The molecule has 0 bridgehead atoms. The third-order valence-electron chi connectivity index (χ3n) is 4.25. The SMILES string of the molecule is CCC(C)c1ccc(C2CCC(C=O)C2)cc1. The number of carbonyl (C=O) groups is 1. The van der Waals surface area contributed by atoms with E-state index in [1.54, 1.807) is 0 Å². The topological polar surface area (TPSA) is 17.1 Å². The van der Waals surface area contributed by atoms with Crippen molar-refractivity contribution in [2.75, 3.05) is 0 Å². The molecule has 1 aromatic rings. The Kier molecular flexibility index (Phi) is 3.98. The van der Waals surface area contributed by atoms with E-state index in [-0.39, 0.29) is 0 Å². The molecule has 0 heterocycles. The highest BCUT2D eigenvalue weighted by atomic mass is 16.1. The van der Waals surface area contributed by atoms with Crippen molar-refractivity contribution in [2.45, 2.75) is 51.4 Å². The van der Waals surface area contributed by atoms with E-state index in [4.69, 9.17) is 0 Å². The quantitative estimate of drug-likeness (QED) is 0.705. The Morgan fingerprint density at radius 1 is 1.29 bits per heavy atom. The number of carbonyl (C=O) groups excluding carboxylic acids is 1. The van der Waals surface area contributed by atoms with Gasteiger partial charge in [-0.2, -0.15) is 0 Å². The molecule has 0 spiro atoms. The third kappa shape index (κ3) is 2.77. The van der Waals surface area contributed by atoms with E-state index >= 15 is 0 Å². The fourth-order valence-corrected chi connectivity index (χ4v) is 2.78. The van der Waals surface area contributed by atoms with Crippen molar-refractivity contribution in [3.05, 3.63) is 35.4 Å². The molecular formula is C16H22O. The van der Waals surface area contributed by atoms with Gasteiger partial charge in [0.1, 0.15) is 6.29 Å². The molecule has 3 unspecified atom stereocenters. The summed E-state index contributed by atoms with van der Waals surface area (Å²) in [7, 11) is 0. The molecule has 0 aliphatic heterocycles. The summed E-state index contributed by atoms with van der Waals surface area (Å²) < 4.78 is 0. The molecule has 0 radical (unpaired) electrons. The van der Waals surface area contributed by atoms with Crippen LogP contribution in [0, 0.1) is 5.92 Å². The van der Waals surface area contributed by atoms with Gasteiger partial charge in [0, 0.05) is 5.92 Å². The minimum absolute atomic E-state index is 0.300. The van der Waals surface area contributed by atoms with Gasteiger partial charge in [-0.15, -0.1) is 0 Å².